The number of fused-ring (bicyclic) bond motifs is 1. The molecule has 1 aliphatic rings. The van der Waals surface area contributed by atoms with Crippen LogP contribution >= 0.6 is 46.7 Å². The summed E-state index contributed by atoms with van der Waals surface area (Å²) in [5.41, 5.74) is 11.5. The van der Waals surface area contributed by atoms with E-state index < -0.39 is 0 Å². The smallest absolute Gasteiger partial charge is 0.269 e. The molecule has 0 spiro atoms. The third kappa shape index (κ3) is 17.3. The first-order valence-corrected chi connectivity index (χ1v) is 35.9. The average Bonchev–Trinajstić information content (AvgIpc) is 2.85. The lowest BCUT2D eigenvalue weighted by atomic mass is 9.88. The molecule has 1 aliphatic heterocycles. The Bertz CT molecular complexity index is 3490. The summed E-state index contributed by atoms with van der Waals surface area (Å²) in [5.74, 6) is 3.04. The fraction of sp³-hybridized carbons (Fsp3) is 0.500. The molecule has 5 heterocycles. The quantitative estimate of drug-likeness (QED) is 0.0284. The van der Waals surface area contributed by atoms with Crippen LogP contribution in [0, 0.1) is 12.8 Å². The van der Waals surface area contributed by atoms with Crippen molar-refractivity contribution in [2.45, 2.75) is 210 Å². The molecule has 0 bridgehead atoms. The van der Waals surface area contributed by atoms with Crippen LogP contribution < -0.4 is 29.0 Å². The number of thioether (sulfide) groups is 1. The zero-order valence-electron chi connectivity index (χ0n) is 53.1. The summed E-state index contributed by atoms with van der Waals surface area (Å²) in [7, 11) is 0. The zero-order chi connectivity index (χ0) is 60.8. The highest BCUT2D eigenvalue weighted by atomic mass is 32.2. The van der Waals surface area contributed by atoms with Gasteiger partial charge in [0, 0.05) is 46.9 Å². The minimum absolute atomic E-state index is 0.0832. The van der Waals surface area contributed by atoms with Crippen LogP contribution in [0.5, 0.6) is 17.2 Å². The first-order chi connectivity index (χ1) is 42.0. The van der Waals surface area contributed by atoms with E-state index in [1.165, 1.54) is 116 Å². The van der Waals surface area contributed by atoms with Gasteiger partial charge in [0.15, 0.2) is 0 Å². The fourth-order valence-corrected chi connectivity index (χ4v) is 15.5. The van der Waals surface area contributed by atoms with E-state index in [2.05, 4.69) is 144 Å². The molecule has 7 aromatic rings. The van der Waals surface area contributed by atoms with Crippen LogP contribution in [0.15, 0.2) is 95.9 Å². The molecule has 0 radical (unpaired) electrons. The highest BCUT2D eigenvalue weighted by Gasteiger charge is 2.34. The third-order valence-corrected chi connectivity index (χ3v) is 20.6. The predicted molar refractivity (Wildman–Crippen MR) is 373 cm³/mol. The summed E-state index contributed by atoms with van der Waals surface area (Å²) >= 11 is 10.3. The average molecular weight is 1240 g/mol. The number of carbonyl (C=O) groups excluding carboxylic acids is 1. The van der Waals surface area contributed by atoms with Crippen LogP contribution in [0.2, 0.25) is 0 Å². The second kappa shape index (κ2) is 34.4. The maximum Gasteiger partial charge on any atom is 0.269 e. The van der Waals surface area contributed by atoms with Gasteiger partial charge in [-0.2, -0.15) is 0 Å². The number of aryl methyl sites for hydroxylation is 1. The van der Waals surface area contributed by atoms with Crippen molar-refractivity contribution in [1.82, 2.24) is 13.9 Å². The number of amides is 1. The van der Waals surface area contributed by atoms with E-state index in [0.717, 1.165) is 138 Å². The zero-order valence-corrected chi connectivity index (χ0v) is 56.4. The molecule has 4 aromatic heterocycles. The number of thiocarbonyl (C=S) groups is 1. The van der Waals surface area contributed by atoms with Gasteiger partial charge in [-0.3, -0.25) is 19.1 Å². The molecule has 8 nitrogen and oxygen atoms in total. The van der Waals surface area contributed by atoms with Gasteiger partial charge in [0.1, 0.15) is 31.1 Å². The summed E-state index contributed by atoms with van der Waals surface area (Å²) in [6.45, 7) is 20.9. The number of benzene rings is 3. The van der Waals surface area contributed by atoms with Crippen LogP contribution in [0.25, 0.3) is 60.4 Å². The molecular weight excluding hydrogens is 1140 g/mol. The SMILES string of the molecule is CCCCCCCCN1C(=O)/C(=c2\s/c(=C\c3ccc(-c4c(-c5ccc(-c6ccc(OCCCCCC)cc6OCCCCCC)cc5)c(CC(CC)CCCC)c5cc(-c6ccc(C)cc6OCCCCCC)ccn45)s3)c(=O)n2CC)SC1=S. The molecule has 12 heteroatoms. The van der Waals surface area contributed by atoms with Gasteiger partial charge in [0.05, 0.1) is 40.4 Å². The van der Waals surface area contributed by atoms with Crippen molar-refractivity contribution < 1.29 is 19.0 Å². The lowest BCUT2D eigenvalue weighted by Crippen LogP contribution is -2.33. The maximum absolute atomic E-state index is 14.4. The number of hydrogen-bond donors (Lipinski definition) is 0. The Hall–Kier alpha value is -5.40. The van der Waals surface area contributed by atoms with Crippen molar-refractivity contribution in [2.75, 3.05) is 26.4 Å². The molecule has 3 aromatic carbocycles. The molecule has 462 valence electrons. The van der Waals surface area contributed by atoms with Crippen LogP contribution in [0.1, 0.15) is 206 Å². The summed E-state index contributed by atoms with van der Waals surface area (Å²) < 4.78 is 25.7. The van der Waals surface area contributed by atoms with Crippen molar-refractivity contribution in [3.63, 3.8) is 0 Å². The minimum atomic E-state index is -0.0854. The van der Waals surface area contributed by atoms with Crippen molar-refractivity contribution in [3.05, 3.63) is 127 Å². The molecule has 1 unspecified atom stereocenters. The Morgan fingerprint density at radius 3 is 1.86 bits per heavy atom. The van der Waals surface area contributed by atoms with Crippen LogP contribution in [0.3, 0.4) is 0 Å². The van der Waals surface area contributed by atoms with E-state index in [1.54, 1.807) is 20.8 Å². The Kier molecular flexibility index (Phi) is 26.6. The Morgan fingerprint density at radius 1 is 0.593 bits per heavy atom. The molecule has 86 heavy (non-hydrogen) atoms. The van der Waals surface area contributed by atoms with Crippen LogP contribution in [0.4, 0.5) is 0 Å². The van der Waals surface area contributed by atoms with Gasteiger partial charge in [-0.05, 0) is 128 Å². The van der Waals surface area contributed by atoms with Gasteiger partial charge >= 0.3 is 0 Å². The number of rotatable bonds is 37. The summed E-state index contributed by atoms with van der Waals surface area (Å²) in [6, 6.07) is 31.3. The van der Waals surface area contributed by atoms with Crippen LogP contribution in [-0.2, 0) is 17.8 Å². The molecule has 1 amide bonds. The highest BCUT2D eigenvalue weighted by molar-refractivity contribution is 8.30. The number of hydrogen-bond acceptors (Lipinski definition) is 9. The van der Waals surface area contributed by atoms with Crippen molar-refractivity contribution in [3.8, 4) is 61.2 Å². The number of aromatic nitrogens is 2. The first-order valence-electron chi connectivity index (χ1n) is 33.1. The molecule has 0 aliphatic carbocycles. The van der Waals surface area contributed by atoms with E-state index in [0.29, 0.717) is 57.2 Å². The lowest BCUT2D eigenvalue weighted by molar-refractivity contribution is -0.120. The number of pyridine rings is 1. The number of thiophene rings is 1. The van der Waals surface area contributed by atoms with Crippen molar-refractivity contribution in [1.29, 1.82) is 0 Å². The van der Waals surface area contributed by atoms with Gasteiger partial charge < -0.3 is 18.6 Å². The van der Waals surface area contributed by atoms with Gasteiger partial charge in [-0.15, -0.1) is 22.7 Å². The van der Waals surface area contributed by atoms with Gasteiger partial charge in [-0.1, -0.05) is 217 Å². The summed E-state index contributed by atoms with van der Waals surface area (Å²) in [4.78, 5) is 32.9. The van der Waals surface area contributed by atoms with E-state index in [4.69, 9.17) is 26.4 Å². The molecule has 1 fully saturated rings. The minimum Gasteiger partial charge on any atom is -0.493 e. The Balaban J connectivity index is 1.26. The normalized spacial score (nSPS) is 13.9. The largest absolute Gasteiger partial charge is 0.493 e. The lowest BCUT2D eigenvalue weighted by Gasteiger charge is -2.17. The molecule has 0 saturated carbocycles. The summed E-state index contributed by atoms with van der Waals surface area (Å²) in [6.07, 6.45) is 30.4. The maximum atomic E-state index is 14.4. The molecule has 0 N–H and O–H groups in total. The second-order valence-electron chi connectivity index (χ2n) is 23.5. The second-order valence-corrected chi connectivity index (χ2v) is 27.3. The topological polar surface area (TPSA) is 74.4 Å². The van der Waals surface area contributed by atoms with Gasteiger partial charge in [0.25, 0.3) is 11.5 Å². The van der Waals surface area contributed by atoms with Gasteiger partial charge in [-0.25, -0.2) is 0 Å². The highest BCUT2D eigenvalue weighted by Crippen LogP contribution is 2.46. The van der Waals surface area contributed by atoms with E-state index in [1.807, 2.05) is 13.0 Å². The molecule has 1 atom stereocenters. The number of unbranched alkanes of at least 4 members (excludes halogenated alkanes) is 15. The summed E-state index contributed by atoms with van der Waals surface area (Å²) in [5, 5.41) is 0. The van der Waals surface area contributed by atoms with E-state index in [9.17, 15) is 9.59 Å². The Labute approximate surface area is 532 Å². The van der Waals surface area contributed by atoms with Crippen molar-refractivity contribution >= 4 is 73.4 Å². The number of carbonyl (C=O) groups is 1. The van der Waals surface area contributed by atoms with E-state index >= 15 is 0 Å². The number of nitrogens with zero attached hydrogens (tertiary/aromatic N) is 3. The van der Waals surface area contributed by atoms with E-state index in [-0.39, 0.29) is 11.5 Å². The van der Waals surface area contributed by atoms with Crippen LogP contribution in [-0.4, -0.2) is 50.5 Å². The standard InChI is InChI=1S/C74H97N3O5S4/c1-9-16-21-25-26-27-43-77-72(79)70(86-74(77)83)73-75(15-7)71(78)67(85-73)52-59-38-41-66(84-59)69-68(56-35-33-55(34-36-56)60-40-37-58(80-45-28-22-17-10-2)51-65(60)82-47-30-24-19-12-4)62(49-54(14-6)31-20-13-5)63-50-57(42-44-76(63)69)61-39-32-53(8)48-64(61)81-46-29-23-18-11-3/h32-42,44,48,50-52,54H,9-31,43,45-47,49H2,1-8H3/b67-52-,73-70+. The predicted octanol–water partition coefficient (Wildman–Crippen LogP) is 20.0. The van der Waals surface area contributed by atoms with Crippen molar-refractivity contribution in [2.24, 2.45) is 5.92 Å². The van der Waals surface area contributed by atoms with Gasteiger partial charge in [0.2, 0.25) is 0 Å². The molecule has 1 saturated heterocycles. The third-order valence-electron chi connectivity index (χ3n) is 16.9. The molecule has 8 rings (SSSR count). The monoisotopic (exact) mass is 1240 g/mol. The fourth-order valence-electron chi connectivity index (χ4n) is 11.8. The number of ether oxygens (including phenoxy) is 3. The Morgan fingerprint density at radius 2 is 1.20 bits per heavy atom. The number of thiazole rings is 1. The molecular formula is C74H97N3O5S4. The first kappa shape index (κ1) is 66.6.